The Labute approximate surface area is 106 Å². The second-order valence-electron chi connectivity index (χ2n) is 5.74. The van der Waals surface area contributed by atoms with E-state index in [0.29, 0.717) is 25.3 Å². The van der Waals surface area contributed by atoms with Gasteiger partial charge < -0.3 is 0 Å². The van der Waals surface area contributed by atoms with Crippen molar-refractivity contribution in [3.8, 4) is 0 Å². The van der Waals surface area contributed by atoms with Gasteiger partial charge in [0, 0.05) is 6.54 Å². The van der Waals surface area contributed by atoms with Gasteiger partial charge in [-0.3, -0.25) is 19.8 Å². The number of imide groups is 2. The molecule has 0 aromatic carbocycles. The first-order valence-electron chi connectivity index (χ1n) is 6.81. The predicted molar refractivity (Wildman–Crippen MR) is 63.5 cm³/mol. The fourth-order valence-corrected chi connectivity index (χ4v) is 3.00. The normalized spacial score (nSPS) is 26.9. The Morgan fingerprint density at radius 2 is 1.89 bits per heavy atom. The Balaban J connectivity index is 1.69. The van der Waals surface area contributed by atoms with Crippen molar-refractivity contribution in [3.05, 3.63) is 0 Å². The van der Waals surface area contributed by atoms with Crippen molar-refractivity contribution in [3.63, 3.8) is 0 Å². The predicted octanol–water partition coefficient (Wildman–Crippen LogP) is 1.43. The molecule has 0 aromatic heterocycles. The molecule has 2 aliphatic carbocycles. The van der Waals surface area contributed by atoms with Crippen molar-refractivity contribution in [1.82, 2.24) is 10.2 Å². The molecule has 5 nitrogen and oxygen atoms in total. The van der Waals surface area contributed by atoms with Crippen LogP contribution in [0.4, 0.5) is 4.79 Å². The van der Waals surface area contributed by atoms with Crippen molar-refractivity contribution in [2.75, 3.05) is 6.54 Å². The maximum Gasteiger partial charge on any atom is 0.330 e. The molecule has 0 atom stereocenters. The first-order valence-corrected chi connectivity index (χ1v) is 6.81. The SMILES string of the molecule is O=C1NC(=O)C2(CCC2)C(=O)N1CCC1CCC1. The van der Waals surface area contributed by atoms with E-state index < -0.39 is 11.4 Å². The van der Waals surface area contributed by atoms with Crippen LogP contribution in [0.25, 0.3) is 0 Å². The third kappa shape index (κ3) is 1.56. The van der Waals surface area contributed by atoms with Crippen LogP contribution in [0.1, 0.15) is 44.9 Å². The Hall–Kier alpha value is -1.39. The molecule has 1 N–H and O–H groups in total. The molecule has 3 rings (SSSR count). The number of amides is 4. The fourth-order valence-electron chi connectivity index (χ4n) is 3.00. The van der Waals surface area contributed by atoms with E-state index in [0.717, 1.165) is 12.8 Å². The third-order valence-corrected chi connectivity index (χ3v) is 4.75. The maximum absolute atomic E-state index is 12.3. The van der Waals surface area contributed by atoms with E-state index in [-0.39, 0.29) is 11.8 Å². The van der Waals surface area contributed by atoms with E-state index >= 15 is 0 Å². The van der Waals surface area contributed by atoms with Gasteiger partial charge in [0.15, 0.2) is 0 Å². The molecule has 3 aliphatic rings. The lowest BCUT2D eigenvalue weighted by molar-refractivity contribution is -0.157. The van der Waals surface area contributed by atoms with Crippen LogP contribution >= 0.6 is 0 Å². The summed E-state index contributed by atoms with van der Waals surface area (Å²) < 4.78 is 0. The molecular formula is C13H18N2O3. The first kappa shape index (κ1) is 11.7. The molecule has 1 heterocycles. The van der Waals surface area contributed by atoms with Gasteiger partial charge >= 0.3 is 6.03 Å². The smallest absolute Gasteiger partial charge is 0.277 e. The van der Waals surface area contributed by atoms with Crippen molar-refractivity contribution in [2.45, 2.75) is 44.9 Å². The summed E-state index contributed by atoms with van der Waals surface area (Å²) in [6, 6.07) is -0.526. The van der Waals surface area contributed by atoms with Gasteiger partial charge in [0.25, 0.3) is 0 Å². The quantitative estimate of drug-likeness (QED) is 0.770. The van der Waals surface area contributed by atoms with Gasteiger partial charge in [-0.1, -0.05) is 25.7 Å². The van der Waals surface area contributed by atoms with E-state index in [2.05, 4.69) is 5.32 Å². The van der Waals surface area contributed by atoms with Gasteiger partial charge in [0.2, 0.25) is 11.8 Å². The minimum atomic E-state index is -0.909. The first-order chi connectivity index (χ1) is 8.63. The summed E-state index contributed by atoms with van der Waals surface area (Å²) in [5.41, 5.74) is -0.909. The van der Waals surface area contributed by atoms with Gasteiger partial charge in [0.1, 0.15) is 5.41 Å². The van der Waals surface area contributed by atoms with Gasteiger partial charge in [-0.25, -0.2) is 4.79 Å². The summed E-state index contributed by atoms with van der Waals surface area (Å²) in [5, 5.41) is 2.34. The molecule has 3 fully saturated rings. The van der Waals surface area contributed by atoms with Crippen LogP contribution < -0.4 is 5.32 Å². The molecule has 0 aromatic rings. The van der Waals surface area contributed by atoms with Crippen molar-refractivity contribution < 1.29 is 14.4 Å². The number of carbonyl (C=O) groups excluding carboxylic acids is 3. The number of hydrogen-bond acceptors (Lipinski definition) is 3. The van der Waals surface area contributed by atoms with E-state index in [4.69, 9.17) is 0 Å². The summed E-state index contributed by atoms with van der Waals surface area (Å²) in [7, 11) is 0. The Morgan fingerprint density at radius 1 is 1.17 bits per heavy atom. The molecule has 0 bridgehead atoms. The zero-order chi connectivity index (χ0) is 12.8. The zero-order valence-electron chi connectivity index (χ0n) is 10.4. The van der Waals surface area contributed by atoms with Crippen LogP contribution in [0.5, 0.6) is 0 Å². The molecule has 1 spiro atoms. The highest BCUT2D eigenvalue weighted by Crippen LogP contribution is 2.44. The summed E-state index contributed by atoms with van der Waals surface area (Å²) >= 11 is 0. The Morgan fingerprint density at radius 3 is 2.39 bits per heavy atom. The highest BCUT2D eigenvalue weighted by Gasteiger charge is 2.57. The van der Waals surface area contributed by atoms with Crippen LogP contribution in [0, 0.1) is 11.3 Å². The van der Waals surface area contributed by atoms with E-state index in [1.165, 1.54) is 24.2 Å². The van der Waals surface area contributed by atoms with Crippen molar-refractivity contribution in [1.29, 1.82) is 0 Å². The number of barbiturate groups is 1. The van der Waals surface area contributed by atoms with Gasteiger partial charge in [0.05, 0.1) is 0 Å². The average molecular weight is 250 g/mol. The van der Waals surface area contributed by atoms with Crippen LogP contribution in [0.3, 0.4) is 0 Å². The lowest BCUT2D eigenvalue weighted by Gasteiger charge is -2.44. The van der Waals surface area contributed by atoms with E-state index in [9.17, 15) is 14.4 Å². The highest BCUT2D eigenvalue weighted by atomic mass is 16.2. The fraction of sp³-hybridized carbons (Fsp3) is 0.769. The lowest BCUT2D eigenvalue weighted by Crippen LogP contribution is -2.66. The standard InChI is InChI=1S/C13H18N2O3/c16-10-13(6-2-7-13)11(17)15(12(18)14-10)8-5-9-3-1-4-9/h9H,1-8H2,(H,14,16,18). The van der Waals surface area contributed by atoms with Crippen LogP contribution in [-0.2, 0) is 9.59 Å². The molecule has 5 heteroatoms. The second-order valence-corrected chi connectivity index (χ2v) is 5.74. The second kappa shape index (κ2) is 4.07. The van der Waals surface area contributed by atoms with Gasteiger partial charge in [-0.15, -0.1) is 0 Å². The number of nitrogens with zero attached hydrogens (tertiary/aromatic N) is 1. The largest absolute Gasteiger partial charge is 0.330 e. The van der Waals surface area contributed by atoms with Crippen LogP contribution in [0.15, 0.2) is 0 Å². The molecule has 98 valence electrons. The summed E-state index contributed by atoms with van der Waals surface area (Å²) in [6.45, 7) is 0.463. The molecule has 4 amide bonds. The Bertz CT molecular complexity index is 410. The number of hydrogen-bond donors (Lipinski definition) is 1. The maximum atomic E-state index is 12.3. The minimum absolute atomic E-state index is 0.262. The molecule has 18 heavy (non-hydrogen) atoms. The summed E-state index contributed by atoms with van der Waals surface area (Å²) in [4.78, 5) is 37.1. The summed E-state index contributed by atoms with van der Waals surface area (Å²) in [6.07, 6.45) is 6.61. The molecule has 1 aliphatic heterocycles. The van der Waals surface area contributed by atoms with E-state index in [1.807, 2.05) is 0 Å². The van der Waals surface area contributed by atoms with Crippen molar-refractivity contribution in [2.24, 2.45) is 11.3 Å². The van der Waals surface area contributed by atoms with Gasteiger partial charge in [-0.2, -0.15) is 0 Å². The van der Waals surface area contributed by atoms with Crippen molar-refractivity contribution >= 4 is 17.8 Å². The molecule has 1 saturated heterocycles. The highest BCUT2D eigenvalue weighted by molar-refractivity contribution is 6.19. The monoisotopic (exact) mass is 250 g/mol. The number of carbonyl (C=O) groups is 3. The summed E-state index contributed by atoms with van der Waals surface area (Å²) in [5.74, 6) is 0.00559. The number of nitrogens with one attached hydrogen (secondary N) is 1. The van der Waals surface area contributed by atoms with Crippen LogP contribution in [-0.4, -0.2) is 29.3 Å². The average Bonchev–Trinajstić information content (AvgIpc) is 2.17. The zero-order valence-corrected chi connectivity index (χ0v) is 10.4. The lowest BCUT2D eigenvalue weighted by atomic mass is 9.66. The van der Waals surface area contributed by atoms with E-state index in [1.54, 1.807) is 0 Å². The van der Waals surface area contributed by atoms with Gasteiger partial charge in [-0.05, 0) is 25.2 Å². The minimum Gasteiger partial charge on any atom is -0.277 e. The number of urea groups is 1. The third-order valence-electron chi connectivity index (χ3n) is 4.75. The number of rotatable bonds is 3. The molecule has 2 saturated carbocycles. The Kier molecular flexibility index (Phi) is 2.64. The molecule has 0 radical (unpaired) electrons. The molecular weight excluding hydrogens is 232 g/mol. The molecule has 0 unspecified atom stereocenters. The topological polar surface area (TPSA) is 66.5 Å². The van der Waals surface area contributed by atoms with Crippen LogP contribution in [0.2, 0.25) is 0 Å².